The van der Waals surface area contributed by atoms with Gasteiger partial charge in [0, 0.05) is 0 Å². The summed E-state index contributed by atoms with van der Waals surface area (Å²) in [5.74, 6) is 0. The third-order valence-electron chi connectivity index (χ3n) is 7.71. The standard InChI is InChI=1S/C33H30Si2/c1-34(2,3)35(31-22-10-16-25-13-4-7-19-28(25)31,32-23-11-17-26-14-5-8-20-29(26)32)33-24-12-18-27-15-6-9-21-30(27)33/h4-24H,1-3H3. The number of hydrogen-bond acceptors (Lipinski definition) is 0. The van der Waals surface area contributed by atoms with Crippen LogP contribution in [0.2, 0.25) is 19.6 Å². The summed E-state index contributed by atoms with van der Waals surface area (Å²) in [7, 11) is -4.35. The first-order valence-corrected chi connectivity index (χ1v) is 19.0. The van der Waals surface area contributed by atoms with E-state index in [9.17, 15) is 0 Å². The van der Waals surface area contributed by atoms with Crippen LogP contribution in [0.4, 0.5) is 0 Å². The van der Waals surface area contributed by atoms with Crippen LogP contribution in [0.15, 0.2) is 127 Å². The first kappa shape index (κ1) is 22.0. The first-order valence-electron chi connectivity index (χ1n) is 12.5. The van der Waals surface area contributed by atoms with Crippen LogP contribution in [0, 0.1) is 0 Å². The minimum absolute atomic E-state index is 1.33. The highest BCUT2D eigenvalue weighted by Crippen LogP contribution is 2.29. The van der Waals surface area contributed by atoms with Crippen molar-refractivity contribution in [2.24, 2.45) is 0 Å². The van der Waals surface area contributed by atoms with Crippen molar-refractivity contribution >= 4 is 63.1 Å². The van der Waals surface area contributed by atoms with Gasteiger partial charge in [-0.1, -0.05) is 147 Å². The van der Waals surface area contributed by atoms with Gasteiger partial charge < -0.3 is 0 Å². The Kier molecular flexibility index (Phi) is 5.24. The topological polar surface area (TPSA) is 0 Å². The van der Waals surface area contributed by atoms with Gasteiger partial charge in [0.1, 0.15) is 7.59 Å². The quantitative estimate of drug-likeness (QED) is 0.187. The normalized spacial score (nSPS) is 12.4. The predicted octanol–water partition coefficient (Wildman–Crippen LogP) is 7.03. The van der Waals surface area contributed by atoms with Gasteiger partial charge in [0.15, 0.2) is 0 Å². The molecule has 0 fully saturated rings. The van der Waals surface area contributed by atoms with Crippen LogP contribution in [-0.2, 0) is 0 Å². The van der Waals surface area contributed by atoms with Crippen molar-refractivity contribution in [3.05, 3.63) is 127 Å². The van der Waals surface area contributed by atoms with Crippen LogP contribution >= 0.6 is 0 Å². The van der Waals surface area contributed by atoms with E-state index in [0.29, 0.717) is 0 Å². The number of benzene rings is 6. The fourth-order valence-corrected chi connectivity index (χ4v) is 21.8. The highest BCUT2D eigenvalue weighted by molar-refractivity contribution is 7.56. The van der Waals surface area contributed by atoms with Gasteiger partial charge in [0.2, 0.25) is 0 Å². The Morgan fingerprint density at radius 3 is 0.943 bits per heavy atom. The Bertz CT molecular complexity index is 1480. The van der Waals surface area contributed by atoms with Crippen molar-refractivity contribution in [3.63, 3.8) is 0 Å². The second-order valence-electron chi connectivity index (χ2n) is 10.6. The summed E-state index contributed by atoms with van der Waals surface area (Å²) in [6, 6.07) is 48.0. The number of fused-ring (bicyclic) bond motifs is 3. The van der Waals surface area contributed by atoms with Gasteiger partial charge in [-0.05, 0) is 47.9 Å². The molecule has 0 bridgehead atoms. The summed E-state index contributed by atoms with van der Waals surface area (Å²) in [5.41, 5.74) is 0. The molecule has 0 aliphatic heterocycles. The van der Waals surface area contributed by atoms with Crippen molar-refractivity contribution in [1.29, 1.82) is 0 Å². The fourth-order valence-electron chi connectivity index (χ4n) is 6.30. The lowest BCUT2D eigenvalue weighted by molar-refractivity contribution is 1.71. The zero-order chi connectivity index (χ0) is 24.0. The third kappa shape index (κ3) is 3.32. The second-order valence-corrected chi connectivity index (χ2v) is 24.9. The van der Waals surface area contributed by atoms with Crippen molar-refractivity contribution < 1.29 is 0 Å². The molecule has 0 aliphatic rings. The lowest BCUT2D eigenvalue weighted by Gasteiger charge is -2.45. The Hall–Kier alpha value is -3.47. The van der Waals surface area contributed by atoms with Crippen molar-refractivity contribution in [2.75, 3.05) is 0 Å². The van der Waals surface area contributed by atoms with E-state index in [1.807, 2.05) is 0 Å². The molecular weight excluding hydrogens is 453 g/mol. The molecular formula is C33H30Si2. The maximum Gasteiger partial charge on any atom is 0.141 e. The SMILES string of the molecule is C[Si](C)(C)[Si](c1cccc2ccccc12)(c1cccc2ccccc12)c1cccc2ccccc12. The average molecular weight is 483 g/mol. The Balaban J connectivity index is 1.90. The maximum absolute atomic E-state index is 2.60. The van der Waals surface area contributed by atoms with E-state index < -0.39 is 15.2 Å². The van der Waals surface area contributed by atoms with Gasteiger partial charge in [-0.25, -0.2) is 0 Å². The minimum Gasteiger partial charge on any atom is -0.0706 e. The zero-order valence-corrected chi connectivity index (χ0v) is 22.6. The van der Waals surface area contributed by atoms with E-state index in [0.717, 1.165) is 0 Å². The van der Waals surface area contributed by atoms with Crippen LogP contribution in [0.25, 0.3) is 32.3 Å². The number of rotatable bonds is 4. The molecule has 6 rings (SSSR count). The molecule has 0 spiro atoms. The molecule has 0 radical (unpaired) electrons. The predicted molar refractivity (Wildman–Crippen MR) is 160 cm³/mol. The summed E-state index contributed by atoms with van der Waals surface area (Å²) in [6.45, 7) is 7.81. The smallest absolute Gasteiger partial charge is 0.0706 e. The molecule has 170 valence electrons. The van der Waals surface area contributed by atoms with E-state index in [1.165, 1.54) is 32.3 Å². The minimum atomic E-state index is -2.48. The highest BCUT2D eigenvalue weighted by Gasteiger charge is 2.52. The summed E-state index contributed by atoms with van der Waals surface area (Å²) in [6.07, 6.45) is 0. The molecule has 0 aliphatic carbocycles. The van der Waals surface area contributed by atoms with Crippen LogP contribution in [-0.4, -0.2) is 15.2 Å². The molecule has 2 heteroatoms. The Morgan fingerprint density at radius 2 is 0.629 bits per heavy atom. The van der Waals surface area contributed by atoms with Crippen molar-refractivity contribution in [3.8, 4) is 0 Å². The average Bonchev–Trinajstić information content (AvgIpc) is 2.89. The monoisotopic (exact) mass is 482 g/mol. The van der Waals surface area contributed by atoms with Crippen LogP contribution in [0.3, 0.4) is 0 Å². The van der Waals surface area contributed by atoms with Gasteiger partial charge >= 0.3 is 0 Å². The molecule has 0 heterocycles. The van der Waals surface area contributed by atoms with Gasteiger partial charge in [0.25, 0.3) is 0 Å². The van der Waals surface area contributed by atoms with Crippen LogP contribution < -0.4 is 15.6 Å². The van der Waals surface area contributed by atoms with Gasteiger partial charge in [-0.2, -0.15) is 0 Å². The molecule has 0 saturated carbocycles. The molecule has 0 amide bonds. The van der Waals surface area contributed by atoms with E-state index >= 15 is 0 Å². The number of hydrogen-bond donors (Lipinski definition) is 0. The van der Waals surface area contributed by atoms with Crippen LogP contribution in [0.5, 0.6) is 0 Å². The summed E-state index contributed by atoms with van der Waals surface area (Å²) in [5, 5.41) is 12.9. The molecule has 0 aromatic heterocycles. The molecule has 0 atom stereocenters. The molecule has 0 saturated heterocycles. The van der Waals surface area contributed by atoms with Gasteiger partial charge in [-0.15, -0.1) is 0 Å². The highest BCUT2D eigenvalue weighted by atomic mass is 29.3. The summed E-state index contributed by atoms with van der Waals surface area (Å²) in [4.78, 5) is 0. The molecule has 0 unspecified atom stereocenters. The largest absolute Gasteiger partial charge is 0.141 e. The summed E-state index contributed by atoms with van der Waals surface area (Å²) >= 11 is 0. The van der Waals surface area contributed by atoms with E-state index in [-0.39, 0.29) is 0 Å². The zero-order valence-electron chi connectivity index (χ0n) is 20.6. The fraction of sp³-hybridized carbons (Fsp3) is 0.0909. The lowest BCUT2D eigenvalue weighted by Crippen LogP contribution is -2.80. The van der Waals surface area contributed by atoms with E-state index in [1.54, 1.807) is 15.6 Å². The first-order chi connectivity index (χ1) is 17.0. The molecule has 0 N–H and O–H groups in total. The lowest BCUT2D eigenvalue weighted by atomic mass is 10.1. The second kappa shape index (κ2) is 8.33. The Labute approximate surface area is 209 Å². The van der Waals surface area contributed by atoms with Gasteiger partial charge in [0.05, 0.1) is 7.59 Å². The van der Waals surface area contributed by atoms with Crippen LogP contribution in [0.1, 0.15) is 0 Å². The Morgan fingerprint density at radius 1 is 0.343 bits per heavy atom. The molecule has 0 nitrogen and oxygen atoms in total. The molecule has 35 heavy (non-hydrogen) atoms. The van der Waals surface area contributed by atoms with Gasteiger partial charge in [-0.3, -0.25) is 0 Å². The van der Waals surface area contributed by atoms with E-state index in [4.69, 9.17) is 0 Å². The van der Waals surface area contributed by atoms with E-state index in [2.05, 4.69) is 147 Å². The molecule has 6 aromatic rings. The summed E-state index contributed by atoms with van der Waals surface area (Å²) < 4.78 is 0. The maximum atomic E-state index is 2.60. The molecule has 6 aromatic carbocycles. The van der Waals surface area contributed by atoms with Crippen molar-refractivity contribution in [1.82, 2.24) is 0 Å². The third-order valence-corrected chi connectivity index (χ3v) is 22.9. The van der Waals surface area contributed by atoms with Crippen molar-refractivity contribution in [2.45, 2.75) is 19.6 Å².